The van der Waals surface area contributed by atoms with Crippen molar-refractivity contribution in [3.63, 3.8) is 0 Å². The minimum atomic E-state index is 0.684. The molecule has 1 saturated heterocycles. The third-order valence-corrected chi connectivity index (χ3v) is 7.59. The molecule has 6 heteroatoms. The lowest BCUT2D eigenvalue weighted by molar-refractivity contribution is 0.400. The van der Waals surface area contributed by atoms with E-state index in [2.05, 4.69) is 35.2 Å². The van der Waals surface area contributed by atoms with Crippen LogP contribution in [0, 0.1) is 5.92 Å². The molecule has 0 spiro atoms. The molecule has 1 aliphatic heterocycles. The molecule has 174 valence electrons. The zero-order valence-corrected chi connectivity index (χ0v) is 20.2. The first-order valence-electron chi connectivity index (χ1n) is 12.5. The van der Waals surface area contributed by atoms with E-state index >= 15 is 0 Å². The summed E-state index contributed by atoms with van der Waals surface area (Å²) in [5.41, 5.74) is 5.23. The van der Waals surface area contributed by atoms with E-state index in [1.165, 1.54) is 54.7 Å². The van der Waals surface area contributed by atoms with Crippen molar-refractivity contribution >= 4 is 23.2 Å². The molecule has 6 rings (SSSR count). The zero-order valence-electron chi connectivity index (χ0n) is 19.5. The van der Waals surface area contributed by atoms with Gasteiger partial charge in [-0.05, 0) is 74.1 Å². The van der Waals surface area contributed by atoms with E-state index < -0.39 is 0 Å². The fourth-order valence-corrected chi connectivity index (χ4v) is 5.67. The molecule has 0 unspecified atom stereocenters. The van der Waals surface area contributed by atoms with Gasteiger partial charge in [0.1, 0.15) is 5.82 Å². The number of nitrogens with zero attached hydrogens (tertiary/aromatic N) is 5. The van der Waals surface area contributed by atoms with Gasteiger partial charge in [-0.3, -0.25) is 0 Å². The van der Waals surface area contributed by atoms with E-state index in [0.29, 0.717) is 6.42 Å². The maximum absolute atomic E-state index is 6.06. The number of anilines is 1. The van der Waals surface area contributed by atoms with Crippen molar-refractivity contribution in [2.24, 2.45) is 5.92 Å². The summed E-state index contributed by atoms with van der Waals surface area (Å²) >= 11 is 6.06. The number of piperidine rings is 1. The van der Waals surface area contributed by atoms with Crippen molar-refractivity contribution in [1.82, 2.24) is 19.6 Å². The summed E-state index contributed by atoms with van der Waals surface area (Å²) in [4.78, 5) is 12.4. The summed E-state index contributed by atoms with van der Waals surface area (Å²) in [6.07, 6.45) is 8.84. The molecule has 1 fully saturated rings. The summed E-state index contributed by atoms with van der Waals surface area (Å²) in [5, 5.41) is 5.72. The van der Waals surface area contributed by atoms with Gasteiger partial charge >= 0.3 is 0 Å². The molecular weight excluding hydrogens is 442 g/mol. The van der Waals surface area contributed by atoms with E-state index in [1.807, 2.05) is 28.8 Å². The van der Waals surface area contributed by atoms with Gasteiger partial charge in [-0.1, -0.05) is 54.1 Å². The van der Waals surface area contributed by atoms with E-state index in [0.717, 1.165) is 54.0 Å². The molecule has 0 atom stereocenters. The Morgan fingerprint density at radius 2 is 1.62 bits per heavy atom. The Kier molecular flexibility index (Phi) is 5.96. The molecule has 2 aromatic carbocycles. The largest absolute Gasteiger partial charge is 0.356 e. The van der Waals surface area contributed by atoms with Gasteiger partial charge < -0.3 is 4.90 Å². The van der Waals surface area contributed by atoms with Crippen molar-refractivity contribution in [2.45, 2.75) is 51.4 Å². The lowest BCUT2D eigenvalue weighted by Gasteiger charge is -2.35. The molecular formula is C28H30ClN5. The Hall–Kier alpha value is -2.92. The summed E-state index contributed by atoms with van der Waals surface area (Å²) in [7, 11) is 0. The Balaban J connectivity index is 1.28. The summed E-state index contributed by atoms with van der Waals surface area (Å²) in [6, 6.07) is 18.9. The standard InChI is InChI=1S/C28H30ClN5/c29-23-12-10-21(11-13-23)19-26-31-28-30-25-9-5-4-8-24(25)27(34(28)32-26)33-16-14-22(15-17-33)18-20-6-2-1-3-7-20/h1-3,6-7,10-13,22H,4-5,8-9,14-19H2. The van der Waals surface area contributed by atoms with Crippen LogP contribution in [0.3, 0.4) is 0 Å². The van der Waals surface area contributed by atoms with Crippen LogP contribution < -0.4 is 4.90 Å². The predicted molar refractivity (Wildman–Crippen MR) is 137 cm³/mol. The van der Waals surface area contributed by atoms with Gasteiger partial charge in [0.2, 0.25) is 0 Å². The van der Waals surface area contributed by atoms with Crippen LogP contribution in [0.5, 0.6) is 0 Å². The monoisotopic (exact) mass is 471 g/mol. The normalized spacial score (nSPS) is 16.7. The third kappa shape index (κ3) is 4.41. The predicted octanol–water partition coefficient (Wildman–Crippen LogP) is 5.71. The number of halogens is 1. The Labute approximate surface area is 205 Å². The number of hydrogen-bond acceptors (Lipinski definition) is 4. The van der Waals surface area contributed by atoms with Crippen molar-refractivity contribution in [2.75, 3.05) is 18.0 Å². The molecule has 0 radical (unpaired) electrons. The van der Waals surface area contributed by atoms with Crippen LogP contribution >= 0.6 is 11.6 Å². The van der Waals surface area contributed by atoms with Crippen LogP contribution in [0.25, 0.3) is 5.78 Å². The topological polar surface area (TPSA) is 46.3 Å². The highest BCUT2D eigenvalue weighted by Crippen LogP contribution is 2.33. The van der Waals surface area contributed by atoms with Gasteiger partial charge in [-0.25, -0.2) is 4.98 Å². The van der Waals surface area contributed by atoms with Crippen molar-refractivity contribution < 1.29 is 0 Å². The number of aromatic nitrogens is 4. The van der Waals surface area contributed by atoms with Gasteiger partial charge in [0.25, 0.3) is 5.78 Å². The SMILES string of the molecule is Clc1ccc(Cc2nc3nc4c(c(N5CCC(Cc6ccccc6)CC5)n3n2)CCCC4)cc1. The maximum Gasteiger partial charge on any atom is 0.254 e. The van der Waals surface area contributed by atoms with Gasteiger partial charge in [0.15, 0.2) is 5.82 Å². The average molecular weight is 472 g/mol. The van der Waals surface area contributed by atoms with Crippen LogP contribution in [-0.2, 0) is 25.7 Å². The third-order valence-electron chi connectivity index (χ3n) is 7.33. The number of fused-ring (bicyclic) bond motifs is 2. The van der Waals surface area contributed by atoms with Gasteiger partial charge in [0, 0.05) is 30.1 Å². The summed E-state index contributed by atoms with van der Waals surface area (Å²) < 4.78 is 2.03. The number of rotatable bonds is 5. The Morgan fingerprint density at radius 1 is 0.853 bits per heavy atom. The number of aryl methyl sites for hydroxylation is 1. The molecule has 2 aliphatic rings. The number of benzene rings is 2. The maximum atomic E-state index is 6.06. The van der Waals surface area contributed by atoms with Crippen molar-refractivity contribution in [3.8, 4) is 0 Å². The molecule has 1 aliphatic carbocycles. The Bertz CT molecular complexity index is 1270. The second-order valence-electron chi connectivity index (χ2n) is 9.73. The first-order valence-corrected chi connectivity index (χ1v) is 12.9. The molecule has 5 nitrogen and oxygen atoms in total. The van der Waals surface area contributed by atoms with Crippen LogP contribution in [0.4, 0.5) is 5.82 Å². The quantitative estimate of drug-likeness (QED) is 0.374. The van der Waals surface area contributed by atoms with Crippen molar-refractivity contribution in [3.05, 3.63) is 87.8 Å². The molecule has 4 aromatic rings. The molecule has 34 heavy (non-hydrogen) atoms. The van der Waals surface area contributed by atoms with Crippen LogP contribution in [0.1, 0.15) is 53.9 Å². The molecule has 3 heterocycles. The van der Waals surface area contributed by atoms with Gasteiger partial charge in [-0.15, -0.1) is 5.10 Å². The molecule has 0 N–H and O–H groups in total. The smallest absolute Gasteiger partial charge is 0.254 e. The fourth-order valence-electron chi connectivity index (χ4n) is 5.54. The lowest BCUT2D eigenvalue weighted by atomic mass is 9.89. The first-order chi connectivity index (χ1) is 16.7. The highest BCUT2D eigenvalue weighted by Gasteiger charge is 2.27. The highest BCUT2D eigenvalue weighted by atomic mass is 35.5. The molecule has 0 bridgehead atoms. The van der Waals surface area contributed by atoms with E-state index in [1.54, 1.807) is 0 Å². The van der Waals surface area contributed by atoms with Crippen molar-refractivity contribution in [1.29, 1.82) is 0 Å². The second kappa shape index (κ2) is 9.38. The minimum Gasteiger partial charge on any atom is -0.356 e. The van der Waals surface area contributed by atoms with Crippen LogP contribution in [0.15, 0.2) is 54.6 Å². The molecule has 2 aromatic heterocycles. The van der Waals surface area contributed by atoms with Crippen LogP contribution in [-0.4, -0.2) is 32.7 Å². The van der Waals surface area contributed by atoms with Crippen LogP contribution in [0.2, 0.25) is 5.02 Å². The van der Waals surface area contributed by atoms with E-state index in [-0.39, 0.29) is 0 Å². The highest BCUT2D eigenvalue weighted by molar-refractivity contribution is 6.30. The number of hydrogen-bond donors (Lipinski definition) is 0. The second-order valence-corrected chi connectivity index (χ2v) is 10.2. The molecule has 0 amide bonds. The summed E-state index contributed by atoms with van der Waals surface area (Å²) in [6.45, 7) is 2.13. The fraction of sp³-hybridized carbons (Fsp3) is 0.393. The van der Waals surface area contributed by atoms with Gasteiger partial charge in [0.05, 0.1) is 5.69 Å². The zero-order chi connectivity index (χ0) is 22.9. The van der Waals surface area contributed by atoms with E-state index in [9.17, 15) is 0 Å². The lowest BCUT2D eigenvalue weighted by Crippen LogP contribution is -2.37. The van der Waals surface area contributed by atoms with E-state index in [4.69, 9.17) is 26.7 Å². The Morgan fingerprint density at radius 3 is 2.41 bits per heavy atom. The first kappa shape index (κ1) is 21.6. The average Bonchev–Trinajstić information content (AvgIpc) is 3.27. The summed E-state index contributed by atoms with van der Waals surface area (Å²) in [5.74, 6) is 3.54. The van der Waals surface area contributed by atoms with Gasteiger partial charge in [-0.2, -0.15) is 9.50 Å². The minimum absolute atomic E-state index is 0.684. The molecule has 0 saturated carbocycles.